The number of carbonyl (C=O) groups excluding carboxylic acids is 2. The van der Waals surface area contributed by atoms with Crippen LogP contribution in [0.5, 0.6) is 0 Å². The molecule has 0 fully saturated rings. The fourth-order valence-corrected chi connectivity index (χ4v) is 1.64. The molecule has 104 valence electrons. The van der Waals surface area contributed by atoms with Gasteiger partial charge in [0.25, 0.3) is 0 Å². The topological polar surface area (TPSA) is 98.2 Å². The van der Waals surface area contributed by atoms with E-state index < -0.39 is 11.9 Å². The number of nitrogens with one attached hydrogen (secondary N) is 1. The molecule has 5 nitrogen and oxygen atoms in total. The Balaban J connectivity index is 2.98. The average molecular weight is 263 g/mol. The molecular weight excluding hydrogens is 242 g/mol. The van der Waals surface area contributed by atoms with Crippen LogP contribution >= 0.6 is 0 Å². The fourth-order valence-electron chi connectivity index (χ4n) is 1.64. The summed E-state index contributed by atoms with van der Waals surface area (Å²) in [6.07, 6.45) is 0. The predicted octanol–water partition coefficient (Wildman–Crippen LogP) is 1.41. The largest absolute Gasteiger partial charge is 0.366 e. The summed E-state index contributed by atoms with van der Waals surface area (Å²) in [6, 6.07) is 4.38. The van der Waals surface area contributed by atoms with Crippen LogP contribution in [0.1, 0.15) is 36.7 Å². The Morgan fingerprint density at radius 2 is 1.84 bits per heavy atom. The van der Waals surface area contributed by atoms with E-state index in [9.17, 15) is 9.59 Å². The summed E-state index contributed by atoms with van der Waals surface area (Å²) in [7, 11) is 0. The van der Waals surface area contributed by atoms with Gasteiger partial charge in [-0.05, 0) is 30.0 Å². The van der Waals surface area contributed by atoms with Gasteiger partial charge in [-0.3, -0.25) is 9.59 Å². The quantitative estimate of drug-likeness (QED) is 0.768. The van der Waals surface area contributed by atoms with Crippen LogP contribution < -0.4 is 16.8 Å². The van der Waals surface area contributed by atoms with Crippen LogP contribution in [0.2, 0.25) is 0 Å². The number of hydrogen-bond acceptors (Lipinski definition) is 3. The Morgan fingerprint density at radius 1 is 1.26 bits per heavy atom. The van der Waals surface area contributed by atoms with Gasteiger partial charge in [-0.25, -0.2) is 0 Å². The van der Waals surface area contributed by atoms with E-state index in [0.29, 0.717) is 16.8 Å². The molecule has 0 spiro atoms. The number of anilines is 1. The van der Waals surface area contributed by atoms with Gasteiger partial charge >= 0.3 is 0 Å². The number of carbonyl (C=O) groups is 2. The highest BCUT2D eigenvalue weighted by Crippen LogP contribution is 2.22. The number of amides is 2. The molecule has 0 radical (unpaired) electrons. The molecule has 0 aliphatic rings. The first kappa shape index (κ1) is 15.2. The first-order chi connectivity index (χ1) is 8.64. The minimum Gasteiger partial charge on any atom is -0.366 e. The molecule has 1 aromatic carbocycles. The van der Waals surface area contributed by atoms with E-state index in [4.69, 9.17) is 11.5 Å². The molecule has 1 atom stereocenters. The highest BCUT2D eigenvalue weighted by atomic mass is 16.2. The molecule has 0 saturated heterocycles. The zero-order valence-electron chi connectivity index (χ0n) is 11.8. The molecule has 0 saturated carbocycles. The van der Waals surface area contributed by atoms with Crippen molar-refractivity contribution >= 4 is 17.5 Å². The van der Waals surface area contributed by atoms with Crippen molar-refractivity contribution < 1.29 is 9.59 Å². The van der Waals surface area contributed by atoms with Gasteiger partial charge < -0.3 is 16.8 Å². The molecule has 0 bridgehead atoms. The van der Waals surface area contributed by atoms with Crippen LogP contribution in [-0.2, 0) is 4.79 Å². The lowest BCUT2D eigenvalue weighted by atomic mass is 9.87. The molecule has 0 heterocycles. The van der Waals surface area contributed by atoms with E-state index in [2.05, 4.69) is 5.32 Å². The third-order valence-electron chi connectivity index (χ3n) is 3.07. The second-order valence-electron chi connectivity index (χ2n) is 5.68. The summed E-state index contributed by atoms with van der Waals surface area (Å²) >= 11 is 0. The van der Waals surface area contributed by atoms with Gasteiger partial charge in [0.15, 0.2) is 0 Å². The van der Waals surface area contributed by atoms with Crippen molar-refractivity contribution in [2.75, 3.05) is 5.32 Å². The first-order valence-corrected chi connectivity index (χ1v) is 6.10. The second-order valence-corrected chi connectivity index (χ2v) is 5.68. The normalized spacial score (nSPS) is 12.9. The molecule has 2 amide bonds. The highest BCUT2D eigenvalue weighted by molar-refractivity contribution is 6.00. The molecule has 5 heteroatoms. The maximum Gasteiger partial charge on any atom is 0.249 e. The number of benzene rings is 1. The molecule has 19 heavy (non-hydrogen) atoms. The highest BCUT2D eigenvalue weighted by Gasteiger charge is 2.27. The van der Waals surface area contributed by atoms with Gasteiger partial charge in [0.2, 0.25) is 11.8 Å². The standard InChI is InChI=1S/C14H21N3O2/c1-8-9(12(16)18)6-5-7-10(8)17-13(19)11(15)14(2,3)4/h5-7,11H,15H2,1-4H3,(H2,16,18)(H,17,19)/t11-/m1/s1. The van der Waals surface area contributed by atoms with E-state index in [0.717, 1.165) is 0 Å². The smallest absolute Gasteiger partial charge is 0.249 e. The number of rotatable bonds is 3. The number of hydrogen-bond donors (Lipinski definition) is 3. The molecular formula is C14H21N3O2. The monoisotopic (exact) mass is 263 g/mol. The van der Waals surface area contributed by atoms with Gasteiger partial charge in [-0.2, -0.15) is 0 Å². The number of nitrogens with two attached hydrogens (primary N) is 2. The van der Waals surface area contributed by atoms with Crippen LogP contribution in [-0.4, -0.2) is 17.9 Å². The molecule has 0 aliphatic carbocycles. The molecule has 0 unspecified atom stereocenters. The van der Waals surface area contributed by atoms with Crippen molar-refractivity contribution in [1.29, 1.82) is 0 Å². The first-order valence-electron chi connectivity index (χ1n) is 6.10. The summed E-state index contributed by atoms with van der Waals surface area (Å²) in [4.78, 5) is 23.3. The lowest BCUT2D eigenvalue weighted by molar-refractivity contribution is -0.119. The molecule has 1 aromatic rings. The van der Waals surface area contributed by atoms with Crippen LogP contribution in [0.15, 0.2) is 18.2 Å². The van der Waals surface area contributed by atoms with Crippen molar-refractivity contribution in [2.24, 2.45) is 16.9 Å². The third-order valence-corrected chi connectivity index (χ3v) is 3.07. The van der Waals surface area contributed by atoms with Crippen molar-refractivity contribution in [3.05, 3.63) is 29.3 Å². The Hall–Kier alpha value is -1.88. The maximum absolute atomic E-state index is 12.0. The Labute approximate surface area is 113 Å². The second kappa shape index (κ2) is 5.40. The summed E-state index contributed by atoms with van der Waals surface area (Å²) in [5.74, 6) is -0.800. The average Bonchev–Trinajstić information content (AvgIpc) is 2.29. The number of primary amides is 1. The summed E-state index contributed by atoms with van der Waals surface area (Å²) in [5.41, 5.74) is 12.4. The van der Waals surface area contributed by atoms with E-state index in [-0.39, 0.29) is 11.3 Å². The lowest BCUT2D eigenvalue weighted by Gasteiger charge is -2.26. The predicted molar refractivity (Wildman–Crippen MR) is 75.8 cm³/mol. The zero-order chi connectivity index (χ0) is 14.8. The fraction of sp³-hybridized carbons (Fsp3) is 0.429. The lowest BCUT2D eigenvalue weighted by Crippen LogP contribution is -2.45. The maximum atomic E-state index is 12.0. The minimum atomic E-state index is -0.635. The van der Waals surface area contributed by atoms with Crippen LogP contribution in [0.25, 0.3) is 0 Å². The van der Waals surface area contributed by atoms with Crippen molar-refractivity contribution in [1.82, 2.24) is 0 Å². The third kappa shape index (κ3) is 3.54. The zero-order valence-corrected chi connectivity index (χ0v) is 11.8. The van der Waals surface area contributed by atoms with E-state index in [1.165, 1.54) is 0 Å². The van der Waals surface area contributed by atoms with Crippen LogP contribution in [0.3, 0.4) is 0 Å². The summed E-state index contributed by atoms with van der Waals surface area (Å²) < 4.78 is 0. The molecule has 0 aliphatic heterocycles. The molecule has 1 rings (SSSR count). The van der Waals surface area contributed by atoms with Gasteiger partial charge in [-0.15, -0.1) is 0 Å². The molecule has 5 N–H and O–H groups in total. The van der Waals surface area contributed by atoms with Crippen molar-refractivity contribution in [3.63, 3.8) is 0 Å². The van der Waals surface area contributed by atoms with Gasteiger partial charge in [0.05, 0.1) is 6.04 Å². The van der Waals surface area contributed by atoms with E-state index in [1.807, 2.05) is 20.8 Å². The summed E-state index contributed by atoms with van der Waals surface area (Å²) in [5, 5.41) is 2.74. The van der Waals surface area contributed by atoms with E-state index >= 15 is 0 Å². The Kier molecular flexibility index (Phi) is 4.32. The van der Waals surface area contributed by atoms with Gasteiger partial charge in [0.1, 0.15) is 0 Å². The van der Waals surface area contributed by atoms with E-state index in [1.54, 1.807) is 25.1 Å². The van der Waals surface area contributed by atoms with Crippen LogP contribution in [0.4, 0.5) is 5.69 Å². The molecule has 0 aromatic heterocycles. The van der Waals surface area contributed by atoms with Gasteiger partial charge in [-0.1, -0.05) is 26.8 Å². The minimum absolute atomic E-state index is 0.280. The van der Waals surface area contributed by atoms with Crippen molar-refractivity contribution in [3.8, 4) is 0 Å². The Bertz CT molecular complexity index is 504. The van der Waals surface area contributed by atoms with Crippen LogP contribution in [0, 0.1) is 12.3 Å². The van der Waals surface area contributed by atoms with Crippen molar-refractivity contribution in [2.45, 2.75) is 33.7 Å². The van der Waals surface area contributed by atoms with Gasteiger partial charge in [0, 0.05) is 11.3 Å². The SMILES string of the molecule is Cc1c(NC(=O)[C@@H](N)C(C)(C)C)cccc1C(N)=O. The summed E-state index contributed by atoms with van der Waals surface area (Å²) in [6.45, 7) is 7.41. The Morgan fingerprint density at radius 3 is 2.32 bits per heavy atom.